The highest BCUT2D eigenvalue weighted by molar-refractivity contribution is 6.31. The monoisotopic (exact) mass is 302 g/mol. The van der Waals surface area contributed by atoms with E-state index in [1.165, 1.54) is 19.2 Å². The molecular weight excluding hydrogens is 284 g/mol. The number of benzene rings is 1. The lowest BCUT2D eigenvalue weighted by atomic mass is 10.1. The van der Waals surface area contributed by atoms with E-state index in [9.17, 15) is 9.90 Å². The van der Waals surface area contributed by atoms with Gasteiger partial charge in [-0.05, 0) is 19.9 Å². The van der Waals surface area contributed by atoms with Gasteiger partial charge < -0.3 is 19.3 Å². The van der Waals surface area contributed by atoms with Crippen molar-refractivity contribution >= 4 is 17.6 Å². The quantitative estimate of drug-likeness (QED) is 0.837. The van der Waals surface area contributed by atoms with Crippen LogP contribution >= 0.6 is 11.6 Å². The maximum atomic E-state index is 11.2. The van der Waals surface area contributed by atoms with Crippen LogP contribution in [-0.2, 0) is 4.74 Å². The molecule has 0 amide bonds. The normalized spacial score (nSPS) is 11.2. The first-order valence-electron chi connectivity index (χ1n) is 6.09. The maximum Gasteiger partial charge on any atom is 0.339 e. The van der Waals surface area contributed by atoms with Crippen LogP contribution in [0, 0.1) is 0 Å². The van der Waals surface area contributed by atoms with Crippen molar-refractivity contribution < 1.29 is 24.1 Å². The van der Waals surface area contributed by atoms with Crippen LogP contribution in [0.4, 0.5) is 0 Å². The summed E-state index contributed by atoms with van der Waals surface area (Å²) in [5.74, 6) is -0.645. The van der Waals surface area contributed by atoms with Crippen molar-refractivity contribution in [1.29, 1.82) is 0 Å². The van der Waals surface area contributed by atoms with E-state index in [0.717, 1.165) is 0 Å². The minimum atomic E-state index is -1.12. The molecule has 1 aromatic carbocycles. The van der Waals surface area contributed by atoms with Crippen molar-refractivity contribution in [2.45, 2.75) is 25.9 Å². The standard InChI is InChI=1S/C14H19ClO5/c1-14(2,19-4)5-6-20-12-10(13(16)17)7-9(15)8-11(12)18-3/h7-8H,5-6H2,1-4H3,(H,16,17). The van der Waals surface area contributed by atoms with Gasteiger partial charge in [-0.15, -0.1) is 0 Å². The average molecular weight is 303 g/mol. The van der Waals surface area contributed by atoms with Crippen molar-refractivity contribution in [2.24, 2.45) is 0 Å². The Hall–Kier alpha value is -1.46. The summed E-state index contributed by atoms with van der Waals surface area (Å²) < 4.78 is 16.0. The largest absolute Gasteiger partial charge is 0.493 e. The maximum absolute atomic E-state index is 11.2. The first kappa shape index (κ1) is 16.6. The van der Waals surface area contributed by atoms with Gasteiger partial charge in [0.25, 0.3) is 0 Å². The Morgan fingerprint density at radius 1 is 1.35 bits per heavy atom. The fourth-order valence-corrected chi connectivity index (χ4v) is 1.74. The van der Waals surface area contributed by atoms with Crippen molar-refractivity contribution in [3.63, 3.8) is 0 Å². The molecule has 1 N–H and O–H groups in total. The van der Waals surface area contributed by atoms with Crippen LogP contribution in [0.1, 0.15) is 30.6 Å². The summed E-state index contributed by atoms with van der Waals surface area (Å²) in [7, 11) is 3.05. The zero-order valence-corrected chi connectivity index (χ0v) is 12.8. The molecule has 1 aromatic rings. The van der Waals surface area contributed by atoms with Gasteiger partial charge in [-0.3, -0.25) is 0 Å². The highest BCUT2D eigenvalue weighted by Crippen LogP contribution is 2.35. The summed E-state index contributed by atoms with van der Waals surface area (Å²) in [5, 5.41) is 9.48. The number of carboxylic acids is 1. The Morgan fingerprint density at radius 3 is 2.50 bits per heavy atom. The number of carbonyl (C=O) groups is 1. The van der Waals surface area contributed by atoms with Gasteiger partial charge in [0.15, 0.2) is 11.5 Å². The van der Waals surface area contributed by atoms with E-state index >= 15 is 0 Å². The van der Waals surface area contributed by atoms with Gasteiger partial charge >= 0.3 is 5.97 Å². The van der Waals surface area contributed by atoms with Crippen LogP contribution in [0.15, 0.2) is 12.1 Å². The lowest BCUT2D eigenvalue weighted by Gasteiger charge is -2.23. The summed E-state index contributed by atoms with van der Waals surface area (Å²) in [6.45, 7) is 4.15. The summed E-state index contributed by atoms with van der Waals surface area (Å²) in [6, 6.07) is 2.86. The van der Waals surface area contributed by atoms with Gasteiger partial charge in [0.05, 0.1) is 19.3 Å². The van der Waals surface area contributed by atoms with Crippen LogP contribution in [0.2, 0.25) is 5.02 Å². The van der Waals surface area contributed by atoms with E-state index in [2.05, 4.69) is 0 Å². The molecule has 112 valence electrons. The Balaban J connectivity index is 2.95. The molecule has 0 spiro atoms. The van der Waals surface area contributed by atoms with Gasteiger partial charge in [0.2, 0.25) is 0 Å². The van der Waals surface area contributed by atoms with Crippen LogP contribution in [0.5, 0.6) is 11.5 Å². The summed E-state index contributed by atoms with van der Waals surface area (Å²) in [6.07, 6.45) is 0.605. The lowest BCUT2D eigenvalue weighted by molar-refractivity contribution is 0.00516. The van der Waals surface area contributed by atoms with Crippen LogP contribution in [0.25, 0.3) is 0 Å². The van der Waals surface area contributed by atoms with Gasteiger partial charge in [-0.25, -0.2) is 4.79 Å². The number of ether oxygens (including phenoxy) is 3. The van der Waals surface area contributed by atoms with Gasteiger partial charge in [-0.2, -0.15) is 0 Å². The molecule has 0 saturated carbocycles. The first-order valence-corrected chi connectivity index (χ1v) is 6.47. The SMILES string of the molecule is COc1cc(Cl)cc(C(=O)O)c1OCCC(C)(C)OC. The molecule has 6 heteroatoms. The van der Waals surface area contributed by atoms with Gasteiger partial charge in [0, 0.05) is 24.6 Å². The Morgan fingerprint density at radius 2 is 2.00 bits per heavy atom. The van der Waals surface area contributed by atoms with E-state index < -0.39 is 5.97 Å². The third kappa shape index (κ3) is 4.28. The smallest absolute Gasteiger partial charge is 0.339 e. The number of carboxylic acid groups (broad SMARTS) is 1. The molecule has 0 radical (unpaired) electrons. The second-order valence-electron chi connectivity index (χ2n) is 4.85. The van der Waals surface area contributed by atoms with Gasteiger partial charge in [-0.1, -0.05) is 11.6 Å². The zero-order chi connectivity index (χ0) is 15.3. The predicted molar refractivity (Wildman–Crippen MR) is 76.2 cm³/mol. The third-order valence-electron chi connectivity index (χ3n) is 2.97. The van der Waals surface area contributed by atoms with Crippen LogP contribution in [0.3, 0.4) is 0 Å². The summed E-state index contributed by atoms with van der Waals surface area (Å²) >= 11 is 5.86. The highest BCUT2D eigenvalue weighted by Gasteiger charge is 2.21. The number of halogens is 1. The molecule has 0 fully saturated rings. The molecule has 0 saturated heterocycles. The summed E-state index contributed by atoms with van der Waals surface area (Å²) in [5.41, 5.74) is -0.368. The number of aromatic carboxylic acids is 1. The molecule has 20 heavy (non-hydrogen) atoms. The van der Waals surface area contributed by atoms with E-state index in [0.29, 0.717) is 18.8 Å². The van der Waals surface area contributed by atoms with E-state index in [-0.39, 0.29) is 21.9 Å². The average Bonchev–Trinajstić information content (AvgIpc) is 2.39. The Bertz CT molecular complexity index is 485. The first-order chi connectivity index (χ1) is 9.30. The molecule has 0 atom stereocenters. The minimum Gasteiger partial charge on any atom is -0.493 e. The van der Waals surface area contributed by atoms with Crippen molar-refractivity contribution in [1.82, 2.24) is 0 Å². The van der Waals surface area contributed by atoms with Crippen molar-refractivity contribution in [3.05, 3.63) is 22.7 Å². The molecule has 0 bridgehead atoms. The van der Waals surface area contributed by atoms with Gasteiger partial charge in [0.1, 0.15) is 5.56 Å². The molecule has 0 aliphatic rings. The third-order valence-corrected chi connectivity index (χ3v) is 3.19. The molecule has 0 heterocycles. The Labute approximate surface area is 123 Å². The highest BCUT2D eigenvalue weighted by atomic mass is 35.5. The molecule has 0 aromatic heterocycles. The molecule has 0 aliphatic heterocycles. The second kappa shape index (κ2) is 6.81. The molecule has 0 aliphatic carbocycles. The van der Waals surface area contributed by atoms with Crippen LogP contribution in [-0.4, -0.2) is 37.5 Å². The number of rotatable bonds is 7. The summed E-state index contributed by atoms with van der Waals surface area (Å²) in [4.78, 5) is 11.2. The fourth-order valence-electron chi connectivity index (χ4n) is 1.53. The molecule has 0 unspecified atom stereocenters. The Kier molecular flexibility index (Phi) is 5.65. The lowest BCUT2D eigenvalue weighted by Crippen LogP contribution is -2.25. The number of hydrogen-bond acceptors (Lipinski definition) is 4. The van der Waals surface area contributed by atoms with E-state index in [1.54, 1.807) is 7.11 Å². The molecule has 5 nitrogen and oxygen atoms in total. The fraction of sp³-hybridized carbons (Fsp3) is 0.500. The number of hydrogen-bond donors (Lipinski definition) is 1. The second-order valence-corrected chi connectivity index (χ2v) is 5.29. The molecule has 1 rings (SSSR count). The molecular formula is C14H19ClO5. The van der Waals surface area contributed by atoms with E-state index in [4.69, 9.17) is 25.8 Å². The van der Waals surface area contributed by atoms with Crippen molar-refractivity contribution in [3.8, 4) is 11.5 Å². The minimum absolute atomic E-state index is 0.0235. The number of methoxy groups -OCH3 is 2. The predicted octanol–water partition coefficient (Wildman–Crippen LogP) is 3.24. The van der Waals surface area contributed by atoms with Crippen LogP contribution < -0.4 is 9.47 Å². The topological polar surface area (TPSA) is 65.0 Å². The zero-order valence-electron chi connectivity index (χ0n) is 12.0. The van der Waals surface area contributed by atoms with E-state index in [1.807, 2.05) is 13.8 Å². The van der Waals surface area contributed by atoms with Crippen molar-refractivity contribution in [2.75, 3.05) is 20.8 Å².